The monoisotopic (exact) mass is 320 g/mol. The van der Waals surface area contributed by atoms with Gasteiger partial charge in [0.25, 0.3) is 11.8 Å². The SMILES string of the molecule is CCN1C(=O)/C(=C\c2ccc(OC)cc2OC)C(=O)NC1=S. The van der Waals surface area contributed by atoms with Crippen LogP contribution in [0.5, 0.6) is 11.5 Å². The number of hydrogen-bond acceptors (Lipinski definition) is 5. The van der Waals surface area contributed by atoms with Gasteiger partial charge >= 0.3 is 0 Å². The molecule has 1 saturated heterocycles. The highest BCUT2D eigenvalue weighted by Gasteiger charge is 2.32. The van der Waals surface area contributed by atoms with E-state index in [9.17, 15) is 9.59 Å². The molecule has 1 aliphatic heterocycles. The molecule has 2 amide bonds. The Morgan fingerprint density at radius 3 is 2.59 bits per heavy atom. The molecular weight excluding hydrogens is 304 g/mol. The number of carbonyl (C=O) groups is 2. The minimum atomic E-state index is -0.516. The van der Waals surface area contributed by atoms with E-state index in [-0.39, 0.29) is 10.7 Å². The summed E-state index contributed by atoms with van der Waals surface area (Å²) in [7, 11) is 3.05. The Morgan fingerprint density at radius 1 is 1.27 bits per heavy atom. The third kappa shape index (κ3) is 2.94. The molecule has 2 rings (SSSR count). The van der Waals surface area contributed by atoms with Crippen LogP contribution in [0.15, 0.2) is 23.8 Å². The van der Waals surface area contributed by atoms with Gasteiger partial charge in [-0.05, 0) is 37.4 Å². The molecule has 22 heavy (non-hydrogen) atoms. The van der Waals surface area contributed by atoms with Crippen LogP contribution in [0.1, 0.15) is 12.5 Å². The summed E-state index contributed by atoms with van der Waals surface area (Å²) in [4.78, 5) is 25.7. The van der Waals surface area contributed by atoms with Crippen LogP contribution < -0.4 is 14.8 Å². The molecule has 0 unspecified atom stereocenters. The number of methoxy groups -OCH3 is 2. The molecule has 1 aromatic carbocycles. The first-order valence-electron chi connectivity index (χ1n) is 6.62. The third-order valence-electron chi connectivity index (χ3n) is 3.24. The van der Waals surface area contributed by atoms with Gasteiger partial charge in [-0.1, -0.05) is 0 Å². The number of benzene rings is 1. The molecule has 116 valence electrons. The number of nitrogens with one attached hydrogen (secondary N) is 1. The smallest absolute Gasteiger partial charge is 0.265 e. The van der Waals surface area contributed by atoms with Gasteiger partial charge in [0, 0.05) is 18.2 Å². The number of carbonyl (C=O) groups excluding carboxylic acids is 2. The normalized spacial score (nSPS) is 16.8. The molecule has 0 bridgehead atoms. The fraction of sp³-hybridized carbons (Fsp3) is 0.267. The zero-order valence-corrected chi connectivity index (χ0v) is 13.3. The highest BCUT2D eigenvalue weighted by Crippen LogP contribution is 2.27. The highest BCUT2D eigenvalue weighted by molar-refractivity contribution is 7.80. The van der Waals surface area contributed by atoms with Crippen LogP contribution >= 0.6 is 12.2 Å². The lowest BCUT2D eigenvalue weighted by Gasteiger charge is -2.27. The van der Waals surface area contributed by atoms with E-state index in [1.54, 1.807) is 32.2 Å². The van der Waals surface area contributed by atoms with Crippen LogP contribution in [0.4, 0.5) is 0 Å². The summed E-state index contributed by atoms with van der Waals surface area (Å²) in [6, 6.07) is 5.12. The summed E-state index contributed by atoms with van der Waals surface area (Å²) in [6.07, 6.45) is 1.49. The summed E-state index contributed by atoms with van der Waals surface area (Å²) in [5, 5.41) is 2.63. The minimum Gasteiger partial charge on any atom is -0.497 e. The highest BCUT2D eigenvalue weighted by atomic mass is 32.1. The average molecular weight is 320 g/mol. The number of rotatable bonds is 4. The minimum absolute atomic E-state index is 0.0129. The predicted octanol–water partition coefficient (Wildman–Crippen LogP) is 1.35. The second-order valence-corrected chi connectivity index (χ2v) is 4.86. The molecule has 0 spiro atoms. The van der Waals surface area contributed by atoms with E-state index < -0.39 is 11.8 Å². The fourth-order valence-corrected chi connectivity index (χ4v) is 2.38. The molecule has 0 aliphatic carbocycles. The van der Waals surface area contributed by atoms with E-state index in [1.807, 2.05) is 0 Å². The molecule has 1 N–H and O–H groups in total. The zero-order chi connectivity index (χ0) is 16.3. The first kappa shape index (κ1) is 16.0. The van der Waals surface area contributed by atoms with Crippen LogP contribution in [0.2, 0.25) is 0 Å². The number of thiocarbonyl (C=S) groups is 1. The summed E-state index contributed by atoms with van der Waals surface area (Å²) in [5.74, 6) is 0.185. The van der Waals surface area contributed by atoms with Crippen molar-refractivity contribution in [3.63, 3.8) is 0 Å². The summed E-state index contributed by atoms with van der Waals surface area (Å²) in [6.45, 7) is 2.17. The van der Waals surface area contributed by atoms with Crippen molar-refractivity contribution in [2.24, 2.45) is 0 Å². The van der Waals surface area contributed by atoms with Gasteiger partial charge in [0.05, 0.1) is 14.2 Å². The van der Waals surface area contributed by atoms with E-state index in [2.05, 4.69) is 5.32 Å². The van der Waals surface area contributed by atoms with Crippen molar-refractivity contribution in [1.29, 1.82) is 0 Å². The van der Waals surface area contributed by atoms with Gasteiger partial charge in [0.1, 0.15) is 17.1 Å². The van der Waals surface area contributed by atoms with Crippen LogP contribution in [-0.4, -0.2) is 42.6 Å². The maximum absolute atomic E-state index is 12.3. The molecule has 7 heteroatoms. The molecule has 0 saturated carbocycles. The van der Waals surface area contributed by atoms with Crippen LogP contribution in [0.25, 0.3) is 6.08 Å². The molecule has 6 nitrogen and oxygen atoms in total. The Bertz CT molecular complexity index is 670. The standard InChI is InChI=1S/C15H16N2O4S/c1-4-17-14(19)11(13(18)16-15(17)22)7-9-5-6-10(20-2)8-12(9)21-3/h5-8H,4H2,1-3H3,(H,16,18,22)/b11-7-. The molecule has 1 heterocycles. The van der Waals surface area contributed by atoms with Gasteiger partial charge in [0.15, 0.2) is 5.11 Å². The van der Waals surface area contributed by atoms with Crippen molar-refractivity contribution < 1.29 is 19.1 Å². The van der Waals surface area contributed by atoms with Gasteiger partial charge in [-0.15, -0.1) is 0 Å². The summed E-state index contributed by atoms with van der Waals surface area (Å²) in [5.41, 5.74) is 0.615. The molecule has 0 aromatic heterocycles. The molecular formula is C15H16N2O4S. The molecule has 1 aromatic rings. The average Bonchev–Trinajstić information content (AvgIpc) is 2.51. The van der Waals surface area contributed by atoms with Gasteiger partial charge in [0.2, 0.25) is 0 Å². The Labute approximate surface area is 133 Å². The molecule has 0 radical (unpaired) electrons. The molecule has 1 fully saturated rings. The van der Waals surface area contributed by atoms with Gasteiger partial charge in [-0.25, -0.2) is 0 Å². The summed E-state index contributed by atoms with van der Waals surface area (Å²) < 4.78 is 10.4. The van der Waals surface area contributed by atoms with Crippen molar-refractivity contribution in [2.45, 2.75) is 6.92 Å². The Kier molecular flexibility index (Phi) is 4.77. The number of likely N-dealkylation sites (N-methyl/N-ethyl adjacent to an activating group) is 1. The van der Waals surface area contributed by atoms with Crippen molar-refractivity contribution in [3.8, 4) is 11.5 Å². The number of nitrogens with zero attached hydrogens (tertiary/aromatic N) is 1. The first-order valence-corrected chi connectivity index (χ1v) is 7.03. The zero-order valence-electron chi connectivity index (χ0n) is 12.5. The van der Waals surface area contributed by atoms with Gasteiger partial charge < -0.3 is 9.47 Å². The quantitative estimate of drug-likeness (QED) is 0.515. The van der Waals surface area contributed by atoms with E-state index in [0.29, 0.717) is 23.6 Å². The second-order valence-electron chi connectivity index (χ2n) is 4.47. The van der Waals surface area contributed by atoms with Crippen molar-refractivity contribution in [3.05, 3.63) is 29.3 Å². The Hall–Kier alpha value is -2.41. The maximum atomic E-state index is 12.3. The van der Waals surface area contributed by atoms with E-state index in [4.69, 9.17) is 21.7 Å². The van der Waals surface area contributed by atoms with Crippen LogP contribution in [0.3, 0.4) is 0 Å². The van der Waals surface area contributed by atoms with E-state index in [0.717, 1.165) is 0 Å². The van der Waals surface area contributed by atoms with Crippen molar-refractivity contribution in [2.75, 3.05) is 20.8 Å². The lowest BCUT2D eigenvalue weighted by atomic mass is 10.1. The predicted molar refractivity (Wildman–Crippen MR) is 85.7 cm³/mol. The number of hydrogen-bond donors (Lipinski definition) is 1. The topological polar surface area (TPSA) is 67.9 Å². The maximum Gasteiger partial charge on any atom is 0.265 e. The molecule has 0 atom stereocenters. The van der Waals surface area contributed by atoms with Crippen molar-refractivity contribution in [1.82, 2.24) is 10.2 Å². The van der Waals surface area contributed by atoms with Gasteiger partial charge in [-0.3, -0.25) is 19.8 Å². The molecule has 1 aliphatic rings. The Morgan fingerprint density at radius 2 is 2.00 bits per heavy atom. The Balaban J connectivity index is 2.45. The number of amides is 2. The van der Waals surface area contributed by atoms with E-state index in [1.165, 1.54) is 18.1 Å². The van der Waals surface area contributed by atoms with Gasteiger partial charge in [-0.2, -0.15) is 0 Å². The van der Waals surface area contributed by atoms with Crippen LogP contribution in [-0.2, 0) is 9.59 Å². The number of ether oxygens (including phenoxy) is 2. The summed E-state index contributed by atoms with van der Waals surface area (Å²) >= 11 is 4.98. The lowest BCUT2D eigenvalue weighted by molar-refractivity contribution is -0.128. The largest absolute Gasteiger partial charge is 0.497 e. The third-order valence-corrected chi connectivity index (χ3v) is 3.56. The second kappa shape index (κ2) is 6.57. The lowest BCUT2D eigenvalue weighted by Crippen LogP contribution is -2.53. The van der Waals surface area contributed by atoms with E-state index >= 15 is 0 Å². The van der Waals surface area contributed by atoms with Crippen LogP contribution in [0, 0.1) is 0 Å². The first-order chi connectivity index (χ1) is 10.5. The fourth-order valence-electron chi connectivity index (χ4n) is 2.07. The van der Waals surface area contributed by atoms with Crippen molar-refractivity contribution >= 4 is 35.2 Å².